The molecule has 1 aromatic carbocycles. The van der Waals surface area contributed by atoms with Crippen molar-refractivity contribution < 1.29 is 9.47 Å². The fourth-order valence-electron chi connectivity index (χ4n) is 1.41. The Balaban J connectivity index is 2.27. The van der Waals surface area contributed by atoms with Gasteiger partial charge in [0.15, 0.2) is 5.82 Å². The van der Waals surface area contributed by atoms with Crippen LogP contribution >= 0.6 is 23.2 Å². The number of rotatable bonds is 4. The number of nitrogens with zero attached hydrogens (tertiary/aromatic N) is 2. The lowest BCUT2D eigenvalue weighted by Gasteiger charge is -2.08. The first kappa shape index (κ1) is 13.9. The summed E-state index contributed by atoms with van der Waals surface area (Å²) >= 11 is 11.8. The predicted molar refractivity (Wildman–Crippen MR) is 73.7 cm³/mol. The van der Waals surface area contributed by atoms with Crippen LogP contribution in [0.3, 0.4) is 0 Å². The topological polar surface area (TPSA) is 70.3 Å². The lowest BCUT2D eigenvalue weighted by Crippen LogP contribution is -2.02. The summed E-state index contributed by atoms with van der Waals surface area (Å²) < 4.78 is 10.5. The van der Waals surface area contributed by atoms with Crippen molar-refractivity contribution in [3.63, 3.8) is 0 Å². The molecule has 0 fully saturated rings. The maximum Gasteiger partial charge on any atom is 0.224 e. The summed E-state index contributed by atoms with van der Waals surface area (Å²) in [4.78, 5) is 8.16. The Labute approximate surface area is 120 Å². The van der Waals surface area contributed by atoms with E-state index in [1.807, 2.05) is 0 Å². The van der Waals surface area contributed by atoms with Crippen molar-refractivity contribution in [2.45, 2.75) is 6.61 Å². The summed E-state index contributed by atoms with van der Waals surface area (Å²) in [5, 5.41) is 0.914. The van der Waals surface area contributed by atoms with Crippen LogP contribution in [0.4, 0.5) is 5.82 Å². The number of benzene rings is 1. The van der Waals surface area contributed by atoms with Crippen molar-refractivity contribution in [3.8, 4) is 11.6 Å². The van der Waals surface area contributed by atoms with E-state index >= 15 is 0 Å². The third-order valence-corrected chi connectivity index (χ3v) is 2.68. The molecule has 2 N–H and O–H groups in total. The van der Waals surface area contributed by atoms with Gasteiger partial charge < -0.3 is 15.2 Å². The van der Waals surface area contributed by atoms with E-state index < -0.39 is 0 Å². The number of hydrogen-bond acceptors (Lipinski definition) is 5. The van der Waals surface area contributed by atoms with Gasteiger partial charge in [0, 0.05) is 18.2 Å². The van der Waals surface area contributed by atoms with E-state index in [9.17, 15) is 0 Å². The minimum Gasteiger partial charge on any atom is -0.437 e. The molecular weight excluding hydrogens is 289 g/mol. The van der Waals surface area contributed by atoms with Gasteiger partial charge in [-0.3, -0.25) is 0 Å². The molecule has 0 aliphatic rings. The van der Waals surface area contributed by atoms with E-state index in [0.717, 1.165) is 0 Å². The van der Waals surface area contributed by atoms with Crippen LogP contribution in [0, 0.1) is 0 Å². The van der Waals surface area contributed by atoms with Crippen LogP contribution in [0.1, 0.15) is 5.82 Å². The van der Waals surface area contributed by atoms with Crippen molar-refractivity contribution in [2.75, 3.05) is 12.8 Å². The third kappa shape index (κ3) is 3.70. The van der Waals surface area contributed by atoms with Gasteiger partial charge in [-0.05, 0) is 18.2 Å². The average molecular weight is 300 g/mol. The predicted octanol–water partition coefficient (Wildman–Crippen LogP) is 3.30. The second-order valence-corrected chi connectivity index (χ2v) is 4.50. The molecule has 0 saturated heterocycles. The molecule has 0 aliphatic carbocycles. The molecule has 0 aliphatic heterocycles. The van der Waals surface area contributed by atoms with Gasteiger partial charge in [-0.15, -0.1) is 0 Å². The number of halogens is 2. The van der Waals surface area contributed by atoms with Crippen molar-refractivity contribution in [1.29, 1.82) is 0 Å². The van der Waals surface area contributed by atoms with Crippen LogP contribution in [-0.2, 0) is 11.3 Å². The number of aromatic nitrogens is 2. The first-order valence-electron chi connectivity index (χ1n) is 5.34. The fourth-order valence-corrected chi connectivity index (χ4v) is 1.86. The maximum absolute atomic E-state index is 6.01. The molecule has 5 nitrogen and oxygen atoms in total. The van der Waals surface area contributed by atoms with Crippen LogP contribution in [0.25, 0.3) is 0 Å². The Morgan fingerprint density at radius 3 is 2.68 bits per heavy atom. The SMILES string of the molecule is COCc1nc(N)cc(Oc2ccc(Cl)cc2Cl)n1. The van der Waals surface area contributed by atoms with Gasteiger partial charge in [0.1, 0.15) is 18.2 Å². The molecule has 7 heteroatoms. The monoisotopic (exact) mass is 299 g/mol. The molecule has 1 heterocycles. The highest BCUT2D eigenvalue weighted by Gasteiger charge is 2.08. The standard InChI is InChI=1S/C12H11Cl2N3O2/c1-18-6-11-16-10(15)5-12(17-11)19-9-3-2-7(13)4-8(9)14/h2-5H,6H2,1H3,(H2,15,16,17). The number of nitrogen functional groups attached to an aromatic ring is 1. The summed E-state index contributed by atoms with van der Waals surface area (Å²) in [5.41, 5.74) is 5.66. The highest BCUT2D eigenvalue weighted by atomic mass is 35.5. The van der Waals surface area contributed by atoms with Crippen LogP contribution < -0.4 is 10.5 Å². The van der Waals surface area contributed by atoms with Crippen LogP contribution in [0.2, 0.25) is 10.0 Å². The molecule has 0 spiro atoms. The zero-order valence-corrected chi connectivity index (χ0v) is 11.6. The van der Waals surface area contributed by atoms with Gasteiger partial charge in [-0.1, -0.05) is 23.2 Å². The minimum absolute atomic E-state index is 0.246. The number of ether oxygens (including phenoxy) is 2. The van der Waals surface area contributed by atoms with Crippen LogP contribution in [-0.4, -0.2) is 17.1 Å². The number of anilines is 1. The molecule has 0 saturated carbocycles. The van der Waals surface area contributed by atoms with Gasteiger partial charge >= 0.3 is 0 Å². The van der Waals surface area contributed by atoms with Crippen LogP contribution in [0.15, 0.2) is 24.3 Å². The number of hydrogen-bond donors (Lipinski definition) is 1. The van der Waals surface area contributed by atoms with E-state index in [-0.39, 0.29) is 6.61 Å². The zero-order chi connectivity index (χ0) is 13.8. The average Bonchev–Trinajstić information content (AvgIpc) is 2.32. The lowest BCUT2D eigenvalue weighted by atomic mass is 10.3. The smallest absolute Gasteiger partial charge is 0.224 e. The van der Waals surface area contributed by atoms with Crippen molar-refractivity contribution in [1.82, 2.24) is 9.97 Å². The second-order valence-electron chi connectivity index (χ2n) is 3.66. The van der Waals surface area contributed by atoms with Crippen molar-refractivity contribution in [2.24, 2.45) is 0 Å². The van der Waals surface area contributed by atoms with E-state index in [1.165, 1.54) is 6.07 Å². The van der Waals surface area contributed by atoms with Crippen molar-refractivity contribution >= 4 is 29.0 Å². The first-order chi connectivity index (χ1) is 9.08. The highest BCUT2D eigenvalue weighted by molar-refractivity contribution is 6.35. The lowest BCUT2D eigenvalue weighted by molar-refractivity contribution is 0.177. The summed E-state index contributed by atoms with van der Waals surface area (Å²) in [6, 6.07) is 6.41. The Hall–Kier alpha value is -1.56. The van der Waals surface area contributed by atoms with Gasteiger partial charge in [-0.2, -0.15) is 4.98 Å². The molecule has 0 radical (unpaired) electrons. The number of methoxy groups -OCH3 is 1. The van der Waals surface area contributed by atoms with E-state index in [1.54, 1.807) is 25.3 Å². The fraction of sp³-hybridized carbons (Fsp3) is 0.167. The molecule has 1 aromatic heterocycles. The minimum atomic E-state index is 0.246. The van der Waals surface area contributed by atoms with E-state index in [2.05, 4.69) is 9.97 Å². The van der Waals surface area contributed by atoms with Crippen molar-refractivity contribution in [3.05, 3.63) is 40.1 Å². The highest BCUT2D eigenvalue weighted by Crippen LogP contribution is 2.31. The summed E-state index contributed by atoms with van der Waals surface area (Å²) in [7, 11) is 1.54. The Bertz CT molecular complexity index is 593. The summed E-state index contributed by atoms with van der Waals surface area (Å²) in [6.07, 6.45) is 0. The summed E-state index contributed by atoms with van der Waals surface area (Å²) in [6.45, 7) is 0.246. The second kappa shape index (κ2) is 6.06. The molecule has 0 amide bonds. The van der Waals surface area contributed by atoms with E-state index in [4.69, 9.17) is 38.4 Å². The maximum atomic E-state index is 6.01. The van der Waals surface area contributed by atoms with Gasteiger partial charge in [0.05, 0.1) is 5.02 Å². The molecule has 0 bridgehead atoms. The largest absolute Gasteiger partial charge is 0.437 e. The quantitative estimate of drug-likeness (QED) is 0.938. The Morgan fingerprint density at radius 1 is 1.21 bits per heavy atom. The molecule has 2 aromatic rings. The van der Waals surface area contributed by atoms with E-state index in [0.29, 0.717) is 33.3 Å². The molecular formula is C12H11Cl2N3O2. The summed E-state index contributed by atoms with van der Waals surface area (Å²) in [5.74, 6) is 1.46. The Kier molecular flexibility index (Phi) is 4.42. The normalized spacial score (nSPS) is 10.5. The zero-order valence-electron chi connectivity index (χ0n) is 10.1. The molecule has 2 rings (SSSR count). The molecule has 0 unspecified atom stereocenters. The molecule has 19 heavy (non-hydrogen) atoms. The molecule has 100 valence electrons. The molecule has 0 atom stereocenters. The van der Waals surface area contributed by atoms with Gasteiger partial charge in [0.25, 0.3) is 0 Å². The van der Waals surface area contributed by atoms with Gasteiger partial charge in [0.2, 0.25) is 5.88 Å². The van der Waals surface area contributed by atoms with Gasteiger partial charge in [-0.25, -0.2) is 4.98 Å². The Morgan fingerprint density at radius 2 is 2.00 bits per heavy atom. The first-order valence-corrected chi connectivity index (χ1v) is 6.09. The third-order valence-electron chi connectivity index (χ3n) is 2.15. The van der Waals surface area contributed by atoms with Crippen LogP contribution in [0.5, 0.6) is 11.6 Å². The number of nitrogens with two attached hydrogens (primary N) is 1.